The first-order chi connectivity index (χ1) is 23.2. The molecule has 1 heterocycles. The normalized spacial score (nSPS) is 12.2. The number of anilines is 2. The van der Waals surface area contributed by atoms with Crippen LogP contribution in [0.25, 0.3) is 0 Å². The highest BCUT2D eigenvalue weighted by Gasteiger charge is 2.52. The number of aliphatic hydroxyl groups is 1. The van der Waals surface area contributed by atoms with Crippen molar-refractivity contribution >= 4 is 35.9 Å². The van der Waals surface area contributed by atoms with E-state index in [9.17, 15) is 15.2 Å². The van der Waals surface area contributed by atoms with Crippen molar-refractivity contribution in [3.63, 3.8) is 0 Å². The van der Waals surface area contributed by atoms with Crippen LogP contribution in [0.1, 0.15) is 26.3 Å². The summed E-state index contributed by atoms with van der Waals surface area (Å²) < 4.78 is 13.0. The molecule has 5 aromatic rings. The summed E-state index contributed by atoms with van der Waals surface area (Å²) in [6.45, 7) is 7.97. The molecule has 0 radical (unpaired) electrons. The van der Waals surface area contributed by atoms with E-state index in [4.69, 9.17) is 9.16 Å². The fraction of sp³-hybridized carbons (Fsp3) is 0.237. The number of hydrogen-bond donors (Lipinski definition) is 3. The van der Waals surface area contributed by atoms with Crippen molar-refractivity contribution in [2.75, 3.05) is 25.0 Å². The van der Waals surface area contributed by atoms with E-state index >= 15 is 0 Å². The van der Waals surface area contributed by atoms with Gasteiger partial charge in [0, 0.05) is 24.5 Å². The molecule has 0 aliphatic heterocycles. The monoisotopic (exact) mass is 662 g/mol. The number of aromatic nitrogens is 1. The minimum absolute atomic E-state index is 0.0781. The number of nitrogens with one attached hydrogen (secondary N) is 2. The molecule has 0 unspecified atom stereocenters. The Balaban J connectivity index is 1.10. The molecule has 10 heteroatoms. The minimum atomic E-state index is -2.73. The molecule has 248 valence electrons. The van der Waals surface area contributed by atoms with Gasteiger partial charge in [-0.05, 0) is 76.4 Å². The molecule has 48 heavy (non-hydrogen) atoms. The number of benzene rings is 4. The largest absolute Gasteiger partial charge is 0.534 e. The van der Waals surface area contributed by atoms with Crippen molar-refractivity contribution in [2.24, 2.45) is 0 Å². The van der Waals surface area contributed by atoms with Crippen LogP contribution in [-0.4, -0.2) is 49.1 Å². The molecule has 0 bridgehead atoms. The molecule has 0 saturated heterocycles. The van der Waals surface area contributed by atoms with Gasteiger partial charge in [-0.3, -0.25) is 10.1 Å². The molecule has 0 aliphatic carbocycles. The van der Waals surface area contributed by atoms with Crippen LogP contribution in [0.2, 0.25) is 5.04 Å². The van der Waals surface area contributed by atoms with Crippen LogP contribution in [0.15, 0.2) is 128 Å². The Bertz CT molecular complexity index is 1710. The van der Waals surface area contributed by atoms with E-state index in [2.05, 4.69) is 84.9 Å². The van der Waals surface area contributed by atoms with Gasteiger partial charge in [-0.25, -0.2) is 4.98 Å². The molecule has 3 N–H and O–H groups in total. The smallest absolute Gasteiger partial charge is 0.319 e. The van der Waals surface area contributed by atoms with E-state index in [1.165, 1.54) is 28.7 Å². The molecule has 4 aromatic carbocycles. The number of pyridine rings is 1. The molecule has 0 saturated carbocycles. The summed E-state index contributed by atoms with van der Waals surface area (Å²) >= 11 is 0. The van der Waals surface area contributed by atoms with E-state index in [-0.39, 0.29) is 23.2 Å². The zero-order chi connectivity index (χ0) is 34.0. The Morgan fingerprint density at radius 2 is 1.44 bits per heavy atom. The highest BCUT2D eigenvalue weighted by molar-refractivity contribution is 7.00. The van der Waals surface area contributed by atoms with E-state index in [0.717, 1.165) is 17.7 Å². The zero-order valence-corrected chi connectivity index (χ0v) is 28.5. The minimum Gasteiger partial charge on any atom is -0.534 e. The van der Waals surface area contributed by atoms with Gasteiger partial charge in [-0.1, -0.05) is 93.6 Å². The van der Waals surface area contributed by atoms with Crippen LogP contribution in [0.4, 0.5) is 17.2 Å². The second-order valence-electron chi connectivity index (χ2n) is 12.6. The second kappa shape index (κ2) is 15.7. The van der Waals surface area contributed by atoms with Crippen LogP contribution in [-0.2, 0) is 6.42 Å². The van der Waals surface area contributed by atoms with Gasteiger partial charge in [-0.15, -0.1) is 0 Å². The van der Waals surface area contributed by atoms with Gasteiger partial charge < -0.3 is 24.9 Å². The molecule has 0 amide bonds. The third kappa shape index (κ3) is 8.46. The Labute approximate surface area is 282 Å². The fourth-order valence-corrected chi connectivity index (χ4v) is 10.1. The predicted molar refractivity (Wildman–Crippen MR) is 193 cm³/mol. The number of aliphatic hydroxyl groups excluding tert-OH is 1. The zero-order valence-electron chi connectivity index (χ0n) is 27.5. The van der Waals surface area contributed by atoms with Gasteiger partial charge in [0.25, 0.3) is 0 Å². The van der Waals surface area contributed by atoms with Gasteiger partial charge in [0.15, 0.2) is 0 Å². The molecular weight excluding hydrogens is 621 g/mol. The standard InChI is InChI=1S/C38H42N4O5Si/c1-38(2,3)48(34-11-6-4-7-12-34,35-13-8-5-9-14-35)47-33-22-20-32(21-23-33)46-28-31(43)27-39-26-24-29-16-18-30(19-17-29)41-37-36(42(44)45)15-10-25-40-37/h4-23,25,31,39,43H,24,26-28H2,1-3H3,(H,40,41)/t31-/m0/s1. The summed E-state index contributed by atoms with van der Waals surface area (Å²) in [5.74, 6) is 1.64. The molecule has 1 aromatic heterocycles. The maximum Gasteiger partial charge on any atom is 0.319 e. The average Bonchev–Trinajstić information content (AvgIpc) is 3.10. The van der Waals surface area contributed by atoms with E-state index in [1.807, 2.05) is 60.7 Å². The third-order valence-electron chi connectivity index (χ3n) is 8.12. The van der Waals surface area contributed by atoms with Gasteiger partial charge in [0.2, 0.25) is 5.82 Å². The summed E-state index contributed by atoms with van der Waals surface area (Å²) in [5.41, 5.74) is 1.73. The first-order valence-corrected chi connectivity index (χ1v) is 17.9. The van der Waals surface area contributed by atoms with Gasteiger partial charge in [-0.2, -0.15) is 0 Å². The Morgan fingerprint density at radius 3 is 2.02 bits per heavy atom. The van der Waals surface area contributed by atoms with Crippen molar-refractivity contribution < 1.29 is 19.2 Å². The lowest BCUT2D eigenvalue weighted by Crippen LogP contribution is -2.68. The van der Waals surface area contributed by atoms with Crippen molar-refractivity contribution in [2.45, 2.75) is 38.3 Å². The van der Waals surface area contributed by atoms with Gasteiger partial charge in [0.1, 0.15) is 24.2 Å². The summed E-state index contributed by atoms with van der Waals surface area (Å²) in [6, 6.07) is 39.3. The van der Waals surface area contributed by atoms with Crippen LogP contribution in [0, 0.1) is 10.1 Å². The quantitative estimate of drug-likeness (QED) is 0.0522. The van der Waals surface area contributed by atoms with Crippen molar-refractivity contribution in [3.8, 4) is 11.5 Å². The highest BCUT2D eigenvalue weighted by atomic mass is 28.4. The van der Waals surface area contributed by atoms with Crippen LogP contribution in [0.3, 0.4) is 0 Å². The Morgan fingerprint density at radius 1 is 0.833 bits per heavy atom. The lowest BCUT2D eigenvalue weighted by molar-refractivity contribution is -0.384. The molecule has 5 rings (SSSR count). The first kappa shape index (κ1) is 34.3. The van der Waals surface area contributed by atoms with E-state index in [1.54, 1.807) is 0 Å². The summed E-state index contributed by atoms with van der Waals surface area (Å²) in [4.78, 5) is 14.8. The second-order valence-corrected chi connectivity index (χ2v) is 16.8. The SMILES string of the molecule is CC(C)(C)[Si](Oc1ccc(OC[C@@H](O)CNCCc2ccc(Nc3ncccc3[N+](=O)[O-])cc2)cc1)(c1ccccc1)c1ccccc1. The van der Waals surface area contributed by atoms with Crippen molar-refractivity contribution in [3.05, 3.63) is 143 Å². The number of hydrogen-bond acceptors (Lipinski definition) is 8. The topological polar surface area (TPSA) is 119 Å². The van der Waals surface area contributed by atoms with E-state index in [0.29, 0.717) is 24.5 Å². The molecule has 0 fully saturated rings. The Hall–Kier alpha value is -5.03. The predicted octanol–water partition coefficient (Wildman–Crippen LogP) is 6.24. The molecular formula is C38H42N4O5Si. The number of nitrogens with zero attached hydrogens (tertiary/aromatic N) is 2. The van der Waals surface area contributed by atoms with Gasteiger partial charge in [0.05, 0.1) is 4.92 Å². The Kier molecular flexibility index (Phi) is 11.2. The summed E-state index contributed by atoms with van der Waals surface area (Å²) in [5, 5.41) is 30.3. The van der Waals surface area contributed by atoms with Crippen LogP contribution >= 0.6 is 0 Å². The number of ether oxygens (including phenoxy) is 1. The van der Waals surface area contributed by atoms with Gasteiger partial charge >= 0.3 is 14.0 Å². The number of nitro groups is 1. The summed E-state index contributed by atoms with van der Waals surface area (Å²) in [7, 11) is -2.73. The third-order valence-corrected chi connectivity index (χ3v) is 13.1. The molecule has 0 aliphatic rings. The highest BCUT2D eigenvalue weighted by Crippen LogP contribution is 2.38. The number of rotatable bonds is 15. The average molecular weight is 663 g/mol. The van der Waals surface area contributed by atoms with Crippen molar-refractivity contribution in [1.29, 1.82) is 0 Å². The maximum absolute atomic E-state index is 11.2. The molecule has 1 atom stereocenters. The first-order valence-electron chi connectivity index (χ1n) is 16.0. The van der Waals surface area contributed by atoms with E-state index < -0.39 is 19.3 Å². The van der Waals surface area contributed by atoms with Crippen LogP contribution < -0.4 is 30.2 Å². The fourth-order valence-electron chi connectivity index (χ4n) is 5.71. The lowest BCUT2D eigenvalue weighted by atomic mass is 10.1. The maximum atomic E-state index is 11.2. The molecule has 0 spiro atoms. The summed E-state index contributed by atoms with van der Waals surface area (Å²) in [6.07, 6.45) is 1.58. The molecule has 9 nitrogen and oxygen atoms in total. The lowest BCUT2D eigenvalue weighted by Gasteiger charge is -2.43. The van der Waals surface area contributed by atoms with Crippen LogP contribution in [0.5, 0.6) is 11.5 Å². The van der Waals surface area contributed by atoms with Crippen molar-refractivity contribution in [1.82, 2.24) is 10.3 Å².